The van der Waals surface area contributed by atoms with Crippen molar-refractivity contribution in [1.29, 1.82) is 0 Å². The van der Waals surface area contributed by atoms with Crippen LogP contribution >= 0.6 is 0 Å². The van der Waals surface area contributed by atoms with Gasteiger partial charge in [-0.25, -0.2) is 4.39 Å². The molecule has 3 nitrogen and oxygen atoms in total. The fourth-order valence-electron chi connectivity index (χ4n) is 4.65. The molecule has 1 heterocycles. The zero-order chi connectivity index (χ0) is 21.9. The molecule has 0 bridgehead atoms. The summed E-state index contributed by atoms with van der Waals surface area (Å²) in [6.45, 7) is 5.10. The summed E-state index contributed by atoms with van der Waals surface area (Å²) < 4.78 is 20.3. The van der Waals surface area contributed by atoms with E-state index in [1.807, 2.05) is 24.3 Å². The molecule has 0 unspecified atom stereocenters. The number of ether oxygens (including phenoxy) is 1. The summed E-state index contributed by atoms with van der Waals surface area (Å²) in [6, 6.07) is 9.16. The summed E-state index contributed by atoms with van der Waals surface area (Å²) in [5.41, 5.74) is 2.26. The van der Waals surface area contributed by atoms with Crippen LogP contribution < -0.4 is 4.74 Å². The Labute approximate surface area is 187 Å². The van der Waals surface area contributed by atoms with E-state index >= 15 is 0 Å². The third-order valence-electron chi connectivity index (χ3n) is 6.74. The molecule has 0 radical (unpaired) electrons. The van der Waals surface area contributed by atoms with Crippen LogP contribution in [0.2, 0.25) is 0 Å². The number of benzene rings is 1. The van der Waals surface area contributed by atoms with Crippen LogP contribution in [0.1, 0.15) is 90.0 Å². The Morgan fingerprint density at radius 1 is 0.871 bits per heavy atom. The predicted molar refractivity (Wildman–Crippen MR) is 126 cm³/mol. The van der Waals surface area contributed by atoms with Gasteiger partial charge in [0.05, 0.1) is 12.3 Å². The van der Waals surface area contributed by atoms with Crippen LogP contribution in [0.15, 0.2) is 30.3 Å². The molecule has 1 aliphatic rings. The number of unbranched alkanes of at least 4 members (excludes halogenated alkanes) is 3. The van der Waals surface area contributed by atoms with Crippen molar-refractivity contribution >= 4 is 0 Å². The fourth-order valence-corrected chi connectivity index (χ4v) is 4.65. The number of aromatic nitrogens is 2. The molecule has 170 valence electrons. The minimum atomic E-state index is -0.129. The summed E-state index contributed by atoms with van der Waals surface area (Å²) in [5, 5.41) is 8.36. The van der Waals surface area contributed by atoms with Gasteiger partial charge in [0.2, 0.25) is 5.88 Å². The summed E-state index contributed by atoms with van der Waals surface area (Å²) in [4.78, 5) is 0. The van der Waals surface area contributed by atoms with Gasteiger partial charge in [0.15, 0.2) is 0 Å². The van der Waals surface area contributed by atoms with Crippen LogP contribution in [0.25, 0.3) is 11.3 Å². The maximum atomic E-state index is 14.7. The van der Waals surface area contributed by atoms with Crippen molar-refractivity contribution in [2.45, 2.75) is 90.9 Å². The molecule has 31 heavy (non-hydrogen) atoms. The lowest BCUT2D eigenvalue weighted by atomic mass is 9.78. The molecule has 3 rings (SSSR count). The van der Waals surface area contributed by atoms with E-state index in [1.165, 1.54) is 44.9 Å². The van der Waals surface area contributed by atoms with Crippen LogP contribution in [0.3, 0.4) is 0 Å². The average molecular weight is 427 g/mol. The minimum Gasteiger partial charge on any atom is -0.477 e. The summed E-state index contributed by atoms with van der Waals surface area (Å²) in [5.74, 6) is 2.09. The first-order chi connectivity index (χ1) is 15.2. The molecule has 0 N–H and O–H groups in total. The van der Waals surface area contributed by atoms with E-state index in [1.54, 1.807) is 6.07 Å². The monoisotopic (exact) mass is 426 g/mol. The first kappa shape index (κ1) is 23.7. The number of aryl methyl sites for hydroxylation is 1. The Hall–Kier alpha value is -1.97. The van der Waals surface area contributed by atoms with E-state index in [-0.39, 0.29) is 5.82 Å². The molecule has 0 aliphatic heterocycles. The number of rotatable bonds is 12. The lowest BCUT2D eigenvalue weighted by molar-refractivity contribution is 0.249. The molecule has 2 aromatic rings. The molecule has 1 fully saturated rings. The standard InChI is InChI=1S/C27H39FN2O/c1-3-5-7-19-31-27-18-17-26(29-30-27)24-16-15-23(25(28)20-24)14-13-22-11-9-21(10-12-22)8-6-4-2/h15-18,20-22H,3-14,19H2,1-2H3/t21-,22-. The fraction of sp³-hybridized carbons (Fsp3) is 0.630. The summed E-state index contributed by atoms with van der Waals surface area (Å²) >= 11 is 0. The van der Waals surface area contributed by atoms with Gasteiger partial charge < -0.3 is 4.74 Å². The van der Waals surface area contributed by atoms with E-state index in [9.17, 15) is 4.39 Å². The Balaban J connectivity index is 1.47. The first-order valence-corrected chi connectivity index (χ1v) is 12.4. The highest BCUT2D eigenvalue weighted by atomic mass is 19.1. The molecular weight excluding hydrogens is 387 g/mol. The van der Waals surface area contributed by atoms with Gasteiger partial charge in [-0.15, -0.1) is 10.2 Å². The molecule has 0 saturated heterocycles. The number of halogens is 1. The van der Waals surface area contributed by atoms with E-state index in [0.29, 0.717) is 18.2 Å². The highest BCUT2D eigenvalue weighted by molar-refractivity contribution is 5.59. The summed E-state index contributed by atoms with van der Waals surface area (Å²) in [6.07, 6.45) is 14.7. The van der Waals surface area contributed by atoms with Crippen molar-refractivity contribution in [1.82, 2.24) is 10.2 Å². The molecule has 0 amide bonds. The van der Waals surface area contributed by atoms with Crippen LogP contribution in [0.4, 0.5) is 4.39 Å². The predicted octanol–water partition coefficient (Wildman–Crippen LogP) is 7.78. The molecule has 1 saturated carbocycles. The smallest absolute Gasteiger partial charge is 0.233 e. The molecule has 0 spiro atoms. The van der Waals surface area contributed by atoms with Gasteiger partial charge in [0.25, 0.3) is 0 Å². The second-order valence-electron chi connectivity index (χ2n) is 9.19. The zero-order valence-electron chi connectivity index (χ0n) is 19.4. The van der Waals surface area contributed by atoms with Crippen molar-refractivity contribution in [3.8, 4) is 17.1 Å². The van der Waals surface area contributed by atoms with E-state index in [0.717, 1.165) is 55.1 Å². The minimum absolute atomic E-state index is 0.129. The topological polar surface area (TPSA) is 35.0 Å². The molecular formula is C27H39FN2O. The molecule has 4 heteroatoms. The van der Waals surface area contributed by atoms with Crippen molar-refractivity contribution in [3.05, 3.63) is 41.7 Å². The molecule has 0 atom stereocenters. The van der Waals surface area contributed by atoms with Crippen LogP contribution in [0, 0.1) is 17.7 Å². The second-order valence-corrected chi connectivity index (χ2v) is 9.19. The van der Waals surface area contributed by atoms with E-state index < -0.39 is 0 Å². The average Bonchev–Trinajstić information content (AvgIpc) is 2.81. The number of nitrogens with zero attached hydrogens (tertiary/aromatic N) is 2. The van der Waals surface area contributed by atoms with Gasteiger partial charge >= 0.3 is 0 Å². The lowest BCUT2D eigenvalue weighted by Crippen LogP contribution is -2.15. The second kappa shape index (κ2) is 12.8. The van der Waals surface area contributed by atoms with Crippen LogP contribution in [-0.2, 0) is 6.42 Å². The van der Waals surface area contributed by atoms with Gasteiger partial charge in [-0.1, -0.05) is 83.8 Å². The highest BCUT2D eigenvalue weighted by Crippen LogP contribution is 2.34. The lowest BCUT2D eigenvalue weighted by Gasteiger charge is -2.28. The highest BCUT2D eigenvalue weighted by Gasteiger charge is 2.21. The molecule has 1 aromatic heterocycles. The maximum Gasteiger partial charge on any atom is 0.233 e. The normalized spacial score (nSPS) is 18.8. The Bertz CT molecular complexity index is 769. The van der Waals surface area contributed by atoms with Gasteiger partial charge in [-0.05, 0) is 48.8 Å². The zero-order valence-corrected chi connectivity index (χ0v) is 19.4. The Morgan fingerprint density at radius 3 is 2.26 bits per heavy atom. The van der Waals surface area contributed by atoms with E-state index in [4.69, 9.17) is 4.74 Å². The van der Waals surface area contributed by atoms with Gasteiger partial charge in [0.1, 0.15) is 5.82 Å². The van der Waals surface area contributed by atoms with Gasteiger partial charge in [-0.3, -0.25) is 0 Å². The van der Waals surface area contributed by atoms with Crippen molar-refractivity contribution < 1.29 is 9.13 Å². The SMILES string of the molecule is CCCCCOc1ccc(-c2ccc(CC[C@H]3CC[C@H](CCCC)CC3)c(F)c2)nn1. The van der Waals surface area contributed by atoms with Crippen LogP contribution in [0.5, 0.6) is 5.88 Å². The quantitative estimate of drug-likeness (QED) is 0.325. The number of hydrogen-bond acceptors (Lipinski definition) is 3. The van der Waals surface area contributed by atoms with Crippen molar-refractivity contribution in [2.75, 3.05) is 6.61 Å². The van der Waals surface area contributed by atoms with Gasteiger partial charge in [-0.2, -0.15) is 0 Å². The molecule has 1 aromatic carbocycles. The number of hydrogen-bond donors (Lipinski definition) is 0. The Kier molecular flexibility index (Phi) is 9.77. The maximum absolute atomic E-state index is 14.7. The van der Waals surface area contributed by atoms with E-state index in [2.05, 4.69) is 24.0 Å². The summed E-state index contributed by atoms with van der Waals surface area (Å²) in [7, 11) is 0. The van der Waals surface area contributed by atoms with Crippen LogP contribution in [-0.4, -0.2) is 16.8 Å². The molecule has 1 aliphatic carbocycles. The third-order valence-corrected chi connectivity index (χ3v) is 6.74. The van der Waals surface area contributed by atoms with Crippen molar-refractivity contribution in [2.24, 2.45) is 11.8 Å². The Morgan fingerprint density at radius 2 is 1.61 bits per heavy atom. The van der Waals surface area contributed by atoms with Gasteiger partial charge in [0, 0.05) is 11.6 Å². The van der Waals surface area contributed by atoms with Crippen molar-refractivity contribution in [3.63, 3.8) is 0 Å². The third kappa shape index (κ3) is 7.59. The first-order valence-electron chi connectivity index (χ1n) is 12.4. The largest absolute Gasteiger partial charge is 0.477 e.